The molecule has 1 aliphatic heterocycles. The summed E-state index contributed by atoms with van der Waals surface area (Å²) < 4.78 is 12.2. The van der Waals surface area contributed by atoms with E-state index in [4.69, 9.17) is 9.26 Å². The van der Waals surface area contributed by atoms with Gasteiger partial charge in [-0.05, 0) is 19.8 Å². The number of aryl methyl sites for hydroxylation is 1. The van der Waals surface area contributed by atoms with Crippen LogP contribution in [0.4, 0.5) is 5.82 Å². The number of fused-ring (bicyclic) bond motifs is 1. The smallest absolute Gasteiger partial charge is 0.254 e. The number of anilines is 1. The van der Waals surface area contributed by atoms with Crippen molar-refractivity contribution >= 4 is 11.6 Å². The number of rotatable bonds is 4. The Kier molecular flexibility index (Phi) is 4.31. The molecule has 1 aliphatic rings. The Hall–Kier alpha value is -2.55. The van der Waals surface area contributed by atoms with Crippen molar-refractivity contribution in [1.29, 1.82) is 0 Å². The fourth-order valence-corrected chi connectivity index (χ4v) is 3.35. The van der Waals surface area contributed by atoms with Crippen LogP contribution in [0.3, 0.4) is 0 Å². The third-order valence-electron chi connectivity index (χ3n) is 4.46. The number of nitrogens with zero attached hydrogens (tertiary/aromatic N) is 7. The van der Waals surface area contributed by atoms with Crippen molar-refractivity contribution in [3.8, 4) is 0 Å². The van der Waals surface area contributed by atoms with Crippen molar-refractivity contribution in [3.05, 3.63) is 29.8 Å². The lowest BCUT2D eigenvalue weighted by molar-refractivity contribution is 0.151. The molecule has 1 fully saturated rings. The maximum absolute atomic E-state index is 5.32. The highest BCUT2D eigenvalue weighted by atomic mass is 16.5. The van der Waals surface area contributed by atoms with Gasteiger partial charge >= 0.3 is 0 Å². The van der Waals surface area contributed by atoms with E-state index in [0.29, 0.717) is 24.1 Å². The highest BCUT2D eigenvalue weighted by Crippen LogP contribution is 2.33. The van der Waals surface area contributed by atoms with Crippen LogP contribution in [0.15, 0.2) is 16.9 Å². The van der Waals surface area contributed by atoms with Gasteiger partial charge in [0.25, 0.3) is 11.7 Å². The first-order valence-corrected chi connectivity index (χ1v) is 8.51. The van der Waals surface area contributed by atoms with Crippen LogP contribution < -0.4 is 4.90 Å². The van der Waals surface area contributed by atoms with Gasteiger partial charge < -0.3 is 14.2 Å². The summed E-state index contributed by atoms with van der Waals surface area (Å²) in [4.78, 5) is 15.5. The molecule has 0 aromatic carbocycles. The van der Waals surface area contributed by atoms with E-state index in [1.165, 1.54) is 12.7 Å². The fraction of sp³-hybridized carbons (Fsp3) is 0.562. The first-order valence-electron chi connectivity index (χ1n) is 8.51. The Morgan fingerprint density at radius 3 is 3.08 bits per heavy atom. The predicted octanol–water partition coefficient (Wildman–Crippen LogP) is 2.08. The molecule has 132 valence electrons. The van der Waals surface area contributed by atoms with Crippen LogP contribution in [0, 0.1) is 6.92 Å². The van der Waals surface area contributed by atoms with Crippen molar-refractivity contribution in [3.63, 3.8) is 0 Å². The summed E-state index contributed by atoms with van der Waals surface area (Å²) in [7, 11) is 1.61. The SMILES string of the molecule is COCc1nc([C@H]2CCCCCN2c2cc(C)nc3ncnn23)no1. The van der Waals surface area contributed by atoms with Crippen molar-refractivity contribution in [1.82, 2.24) is 29.7 Å². The third-order valence-corrected chi connectivity index (χ3v) is 4.46. The van der Waals surface area contributed by atoms with Gasteiger partial charge in [-0.1, -0.05) is 18.0 Å². The monoisotopic (exact) mass is 343 g/mol. The van der Waals surface area contributed by atoms with Crippen LogP contribution in [0.2, 0.25) is 0 Å². The molecule has 0 N–H and O–H groups in total. The average Bonchev–Trinajstić information content (AvgIpc) is 3.18. The van der Waals surface area contributed by atoms with Crippen LogP contribution in [0.1, 0.15) is 49.1 Å². The highest BCUT2D eigenvalue weighted by Gasteiger charge is 2.29. The van der Waals surface area contributed by atoms with Gasteiger partial charge in [-0.15, -0.1) is 0 Å². The molecule has 0 aliphatic carbocycles. The second-order valence-electron chi connectivity index (χ2n) is 6.27. The number of methoxy groups -OCH3 is 1. The fourth-order valence-electron chi connectivity index (χ4n) is 3.35. The molecule has 25 heavy (non-hydrogen) atoms. The number of aromatic nitrogens is 6. The molecule has 4 heterocycles. The van der Waals surface area contributed by atoms with Gasteiger partial charge in [0, 0.05) is 25.4 Å². The van der Waals surface area contributed by atoms with Crippen LogP contribution in [-0.2, 0) is 11.3 Å². The van der Waals surface area contributed by atoms with E-state index < -0.39 is 0 Å². The number of hydrogen-bond acceptors (Lipinski definition) is 8. The Bertz CT molecular complexity index is 859. The van der Waals surface area contributed by atoms with E-state index in [0.717, 1.165) is 37.3 Å². The molecule has 0 saturated carbocycles. The second-order valence-corrected chi connectivity index (χ2v) is 6.27. The lowest BCUT2D eigenvalue weighted by atomic mass is 10.1. The van der Waals surface area contributed by atoms with E-state index >= 15 is 0 Å². The topological polar surface area (TPSA) is 94.5 Å². The van der Waals surface area contributed by atoms with Crippen LogP contribution >= 0.6 is 0 Å². The zero-order valence-corrected chi connectivity index (χ0v) is 14.4. The summed E-state index contributed by atoms with van der Waals surface area (Å²) in [6, 6.07) is 2.07. The maximum Gasteiger partial charge on any atom is 0.254 e. The van der Waals surface area contributed by atoms with E-state index in [1.807, 2.05) is 13.0 Å². The molecule has 9 heteroatoms. The van der Waals surface area contributed by atoms with Crippen molar-refractivity contribution in [2.75, 3.05) is 18.6 Å². The van der Waals surface area contributed by atoms with E-state index in [1.54, 1.807) is 11.6 Å². The lowest BCUT2D eigenvalue weighted by Gasteiger charge is -2.29. The molecule has 9 nitrogen and oxygen atoms in total. The van der Waals surface area contributed by atoms with Gasteiger partial charge in [-0.3, -0.25) is 0 Å². The minimum atomic E-state index is 0.0334. The Morgan fingerprint density at radius 2 is 2.20 bits per heavy atom. The normalized spacial score (nSPS) is 18.6. The van der Waals surface area contributed by atoms with Gasteiger partial charge in [0.2, 0.25) is 0 Å². The summed E-state index contributed by atoms with van der Waals surface area (Å²) in [5, 5.41) is 8.54. The van der Waals surface area contributed by atoms with E-state index in [-0.39, 0.29) is 6.04 Å². The largest absolute Gasteiger partial charge is 0.375 e. The molecule has 0 spiro atoms. The Morgan fingerprint density at radius 1 is 1.28 bits per heavy atom. The summed E-state index contributed by atoms with van der Waals surface area (Å²) in [6.45, 7) is 3.19. The first kappa shape index (κ1) is 15.9. The standard InChI is InChI=1S/C16H21N7O2/c1-11-8-14(23-16(19-11)17-10-18-23)22-7-5-3-4-6-12(22)15-20-13(9-24-2)25-21-15/h8,10,12H,3-7,9H2,1-2H3/t12-/m1/s1. The Balaban J connectivity index is 1.76. The van der Waals surface area contributed by atoms with Crippen LogP contribution in [0.5, 0.6) is 0 Å². The number of hydrogen-bond donors (Lipinski definition) is 0. The van der Waals surface area contributed by atoms with Gasteiger partial charge in [0.1, 0.15) is 18.8 Å². The van der Waals surface area contributed by atoms with Gasteiger partial charge in [-0.2, -0.15) is 19.6 Å². The van der Waals surface area contributed by atoms with Gasteiger partial charge in [0.05, 0.1) is 6.04 Å². The first-order chi connectivity index (χ1) is 12.3. The molecule has 1 saturated heterocycles. The molecule has 1 atom stereocenters. The summed E-state index contributed by atoms with van der Waals surface area (Å²) >= 11 is 0. The van der Waals surface area contributed by atoms with Crippen molar-refractivity contribution in [2.24, 2.45) is 0 Å². The zero-order chi connectivity index (χ0) is 17.2. The maximum atomic E-state index is 5.32. The molecule has 4 rings (SSSR count). The van der Waals surface area contributed by atoms with Crippen molar-refractivity contribution in [2.45, 2.75) is 45.3 Å². The van der Waals surface area contributed by atoms with Crippen LogP contribution in [0.25, 0.3) is 5.78 Å². The Labute approximate surface area is 145 Å². The van der Waals surface area contributed by atoms with E-state index in [9.17, 15) is 0 Å². The molecule has 3 aromatic rings. The van der Waals surface area contributed by atoms with E-state index in [2.05, 4.69) is 30.1 Å². The lowest BCUT2D eigenvalue weighted by Crippen LogP contribution is -2.31. The summed E-state index contributed by atoms with van der Waals surface area (Å²) in [5.41, 5.74) is 0.909. The molecular formula is C16H21N7O2. The molecule has 0 amide bonds. The zero-order valence-electron chi connectivity index (χ0n) is 14.4. The molecule has 3 aromatic heterocycles. The van der Waals surface area contributed by atoms with Gasteiger partial charge in [-0.25, -0.2) is 4.98 Å². The quantitative estimate of drug-likeness (QED) is 0.711. The minimum absolute atomic E-state index is 0.0334. The average molecular weight is 343 g/mol. The molecular weight excluding hydrogens is 322 g/mol. The summed E-state index contributed by atoms with van der Waals surface area (Å²) in [5.74, 6) is 2.76. The summed E-state index contributed by atoms with van der Waals surface area (Å²) in [6.07, 6.45) is 5.91. The van der Waals surface area contributed by atoms with Crippen LogP contribution in [-0.4, -0.2) is 43.4 Å². The van der Waals surface area contributed by atoms with Gasteiger partial charge in [0.15, 0.2) is 5.82 Å². The second kappa shape index (κ2) is 6.75. The molecule has 0 bridgehead atoms. The predicted molar refractivity (Wildman–Crippen MR) is 89.1 cm³/mol. The minimum Gasteiger partial charge on any atom is -0.375 e. The highest BCUT2D eigenvalue weighted by molar-refractivity contribution is 5.48. The number of ether oxygens (including phenoxy) is 1. The molecule has 0 unspecified atom stereocenters. The third kappa shape index (κ3) is 3.07. The van der Waals surface area contributed by atoms with Crippen molar-refractivity contribution < 1.29 is 9.26 Å². The molecule has 0 radical (unpaired) electrons.